The first-order valence-corrected chi connectivity index (χ1v) is 39.9. The van der Waals surface area contributed by atoms with Gasteiger partial charge in [0.15, 0.2) is 50.3 Å². The summed E-state index contributed by atoms with van der Waals surface area (Å²) >= 11 is 0. The van der Waals surface area contributed by atoms with Crippen LogP contribution in [0.25, 0.3) is 0 Å². The molecule has 0 aromatic heterocycles. The zero-order valence-corrected chi connectivity index (χ0v) is 81.7. The third kappa shape index (κ3) is 18.8. The Balaban J connectivity index is 0.00000486. The molecule has 3 N–H and O–H groups in total. The van der Waals surface area contributed by atoms with Crippen molar-refractivity contribution in [2.45, 2.75) is 378 Å². The van der Waals surface area contributed by atoms with Gasteiger partial charge in [0.25, 0.3) is 0 Å². The summed E-state index contributed by atoms with van der Waals surface area (Å²) in [5.41, 5.74) is -0.605. The van der Waals surface area contributed by atoms with E-state index in [4.69, 9.17) is 80.5 Å². The molecule has 23 heteroatoms. The molecule has 1 saturated carbocycles. The third-order valence-electron chi connectivity index (χ3n) is 28.4. The van der Waals surface area contributed by atoms with Crippen molar-refractivity contribution in [2.75, 3.05) is 13.2 Å². The van der Waals surface area contributed by atoms with E-state index in [9.17, 15) is 15.3 Å². The molecular formula is C79H140Ac3O20. The van der Waals surface area contributed by atoms with Crippen molar-refractivity contribution < 1.29 is 228 Å². The average molecular weight is 2090 g/mol. The van der Waals surface area contributed by atoms with E-state index in [1.54, 1.807) is 0 Å². The minimum atomic E-state index is -1.04. The molecule has 46 atom stereocenters. The standard InChI is InChI=1S/C79H140O20.3Ac/c1-27-54-36(8)34(6)43(15)72(86-54)93-66-39(11)45(17)73(87-56(66)29-3)94-67-40(12)46(18)74(88-57(67)30-4)95-68-41(13)47(19)75(89-58(68)31-5)97-69-42(14)48(20)76(90-59(69)32-80)92-64-38(10)44(16)71(85-53(64)25)98-70-60(33-81)91-78(50(22)63(70)82)99-79(26)61-49(21)77(84-52(24)62(61)79)96-65-37(9)35(7)51(23)83-55(65)28-2;;;/h34-78,80-82H,27-33H2,1-26H3;;;/t34?,35?,36-,37?,38?,39?,40+,41+,42?,43?,44?,45?,46+,47?,48?,49?,50?,51+,52?,53?,54?,55?,56?,57?,58?,59?,60?,61+,62+,63+,64-,65-,66-,67+,68+,69-,70-,71+,72+,73+,74?,75-,76+,77+,78-,79?;;;/m0.../s1. The molecule has 10 aliphatic rings. The topological polar surface area (TPSA) is 218 Å². The summed E-state index contributed by atoms with van der Waals surface area (Å²) in [6.07, 6.45) is -6.23. The van der Waals surface area contributed by atoms with Gasteiger partial charge >= 0.3 is 0 Å². The van der Waals surface area contributed by atoms with Gasteiger partial charge in [0.2, 0.25) is 0 Å². The van der Waals surface area contributed by atoms with Crippen molar-refractivity contribution in [1.29, 1.82) is 0 Å². The summed E-state index contributed by atoms with van der Waals surface area (Å²) < 4.78 is 117. The van der Waals surface area contributed by atoms with Crippen molar-refractivity contribution in [2.24, 2.45) is 112 Å². The van der Waals surface area contributed by atoms with Gasteiger partial charge < -0.3 is 95.8 Å². The Labute approximate surface area is 723 Å². The first-order chi connectivity index (χ1) is 46.8. The van der Waals surface area contributed by atoms with E-state index in [0.29, 0.717) is 30.1 Å². The smallest absolute Gasteiger partial charge is 0.164 e. The fourth-order valence-electron chi connectivity index (χ4n) is 19.5. The van der Waals surface area contributed by atoms with Crippen LogP contribution in [0.4, 0.5) is 0 Å². The number of fused-ring (bicyclic) bond motifs is 1. The molecule has 0 amide bonds. The maximum Gasteiger partial charge on any atom is 0.164 e. The van der Waals surface area contributed by atoms with Crippen molar-refractivity contribution >= 4 is 0 Å². The van der Waals surface area contributed by atoms with E-state index in [1.165, 1.54) is 0 Å². The second-order valence-corrected chi connectivity index (χ2v) is 34.1. The second-order valence-electron chi connectivity index (χ2n) is 34.1. The minimum absolute atomic E-state index is 0. The van der Waals surface area contributed by atoms with E-state index in [-0.39, 0.29) is 302 Å². The third-order valence-corrected chi connectivity index (χ3v) is 28.4. The van der Waals surface area contributed by atoms with Gasteiger partial charge in [-0.2, -0.15) is 0 Å². The predicted molar refractivity (Wildman–Crippen MR) is 373 cm³/mol. The van der Waals surface area contributed by atoms with Gasteiger partial charge in [-0.25, -0.2) is 0 Å². The van der Waals surface area contributed by atoms with Gasteiger partial charge in [-0.3, -0.25) is 0 Å². The van der Waals surface area contributed by atoms with Crippen LogP contribution in [0.5, 0.6) is 0 Å². The van der Waals surface area contributed by atoms with Gasteiger partial charge in [0.1, 0.15) is 18.3 Å². The summed E-state index contributed by atoms with van der Waals surface area (Å²) in [4.78, 5) is 0. The molecule has 0 spiro atoms. The Hall–Kier alpha value is 3.52. The molecular weight excluding hydrogens is 1950 g/mol. The van der Waals surface area contributed by atoms with Gasteiger partial charge in [-0.1, -0.05) is 152 Å². The van der Waals surface area contributed by atoms with Gasteiger partial charge in [0.05, 0.1) is 110 Å². The van der Waals surface area contributed by atoms with E-state index in [0.717, 1.165) is 25.7 Å². The Kier molecular flexibility index (Phi) is 35.8. The van der Waals surface area contributed by atoms with E-state index >= 15 is 0 Å². The number of rotatable bonds is 23. The first-order valence-electron chi connectivity index (χ1n) is 39.9. The molecule has 0 bridgehead atoms. The van der Waals surface area contributed by atoms with Crippen molar-refractivity contribution in [1.82, 2.24) is 0 Å². The Morgan fingerprint density at radius 1 is 0.255 bits per heavy atom. The molecule has 3 radical (unpaired) electrons. The number of hydrogen-bond donors (Lipinski definition) is 3. The second kappa shape index (κ2) is 39.4. The number of aliphatic hydroxyl groups excluding tert-OH is 3. The van der Waals surface area contributed by atoms with Crippen LogP contribution < -0.4 is 0 Å². The maximum absolute atomic E-state index is 12.1. The molecule has 20 nitrogen and oxygen atoms in total. The van der Waals surface area contributed by atoms with Gasteiger partial charge in [0, 0.05) is 191 Å². The quantitative estimate of drug-likeness (QED) is 0.0866. The molecule has 10 rings (SSSR count). The summed E-state index contributed by atoms with van der Waals surface area (Å²) in [6.45, 7) is 55.9. The number of hydrogen-bond acceptors (Lipinski definition) is 20. The fraction of sp³-hybridized carbons (Fsp3) is 1.00. The zero-order chi connectivity index (χ0) is 72.5. The Morgan fingerprint density at radius 2 is 0.539 bits per heavy atom. The van der Waals surface area contributed by atoms with Crippen LogP contribution in [0.3, 0.4) is 0 Å². The molecule has 24 unspecified atom stereocenters. The molecule has 9 aliphatic heterocycles. The van der Waals surface area contributed by atoms with Crippen molar-refractivity contribution in [3.63, 3.8) is 0 Å². The number of ether oxygens (including phenoxy) is 17. The molecule has 585 valence electrons. The molecule has 10 fully saturated rings. The van der Waals surface area contributed by atoms with E-state index in [2.05, 4.69) is 166 Å². The molecule has 9 heterocycles. The Bertz CT molecular complexity index is 2510. The normalized spacial score (nSPS) is 54.3. The number of aliphatic hydroxyl groups is 3. The Morgan fingerprint density at radius 3 is 0.941 bits per heavy atom. The predicted octanol–water partition coefficient (Wildman–Crippen LogP) is 12.5. The fourth-order valence-corrected chi connectivity index (χ4v) is 19.5. The first kappa shape index (κ1) is 92.7. The average Bonchev–Trinajstić information content (AvgIpc) is 1.52. The molecule has 102 heavy (non-hydrogen) atoms. The summed E-state index contributed by atoms with van der Waals surface area (Å²) in [7, 11) is 0. The van der Waals surface area contributed by atoms with Crippen LogP contribution in [0.2, 0.25) is 0 Å². The largest absolute Gasteiger partial charge is 0.394 e. The van der Waals surface area contributed by atoms with Crippen LogP contribution in [0, 0.1) is 245 Å². The van der Waals surface area contributed by atoms with Gasteiger partial charge in [-0.05, 0) is 113 Å². The summed E-state index contributed by atoms with van der Waals surface area (Å²) in [5.74, 6) is 1.46. The summed E-state index contributed by atoms with van der Waals surface area (Å²) in [6, 6.07) is 0. The zero-order valence-electron chi connectivity index (χ0n) is 67.4. The summed E-state index contributed by atoms with van der Waals surface area (Å²) in [5, 5.41) is 34.1. The van der Waals surface area contributed by atoms with Crippen molar-refractivity contribution in [3.05, 3.63) is 0 Å². The van der Waals surface area contributed by atoms with Crippen LogP contribution in [-0.2, 0) is 80.5 Å². The van der Waals surface area contributed by atoms with E-state index in [1.807, 2.05) is 13.8 Å². The minimum Gasteiger partial charge on any atom is -0.394 e. The molecule has 1 aliphatic carbocycles. The molecule has 0 aromatic carbocycles. The maximum atomic E-state index is 12.1. The molecule has 9 saturated heterocycles. The van der Waals surface area contributed by atoms with Crippen molar-refractivity contribution in [3.8, 4) is 0 Å². The van der Waals surface area contributed by atoms with Crippen LogP contribution in [0.1, 0.15) is 212 Å². The van der Waals surface area contributed by atoms with Gasteiger partial charge in [-0.15, -0.1) is 0 Å². The van der Waals surface area contributed by atoms with Crippen LogP contribution >= 0.6 is 0 Å². The van der Waals surface area contributed by atoms with Crippen LogP contribution in [-0.4, -0.2) is 194 Å². The monoisotopic (exact) mass is 2090 g/mol. The van der Waals surface area contributed by atoms with E-state index < -0.39 is 98.3 Å². The molecule has 0 aromatic rings. The SMILES string of the molecule is CCC1O[C@H](O[C@@H]2C(CC)O[C@H](O[C@H]3C(CC)OC(O[C@H]4C(CC)O[C@@H](O[C@@H]5C(CO)O[C@H](O[C@@H]6C(C)O[C@H](O[C@H]7C(CO)O[C@@H](OC8(C)[C@@H]9C(C)O[C@H](O[C@@H]%10C(CC)O[C@H](C)C(C)C%10C)C(C)[C@H]98)C(C)[C@H]7O)C(C)C6C)C(C)C5C)C(C)[C@H]4C)[C@H](C)[C@H]3C)C(C)C2C)C(C)C(C)[C@@H]1C.[Ac].[Ac].[Ac]. The van der Waals surface area contributed by atoms with Crippen LogP contribution in [0.15, 0.2) is 0 Å².